The molecule has 0 spiro atoms. The molecule has 0 bridgehead atoms. The number of thiazole rings is 1. The summed E-state index contributed by atoms with van der Waals surface area (Å²) in [4.78, 5) is 16.8. The van der Waals surface area contributed by atoms with Crippen LogP contribution in [0.25, 0.3) is 11.0 Å². The van der Waals surface area contributed by atoms with Crippen LogP contribution in [-0.2, 0) is 17.6 Å². The summed E-state index contributed by atoms with van der Waals surface area (Å²) in [6.45, 7) is 4.06. The molecule has 2 aromatic heterocycles. The summed E-state index contributed by atoms with van der Waals surface area (Å²) in [5.74, 6) is 0.0692. The van der Waals surface area contributed by atoms with Crippen molar-refractivity contribution < 1.29 is 9.21 Å². The Kier molecular flexibility index (Phi) is 3.78. The molecule has 4 nitrogen and oxygen atoms in total. The van der Waals surface area contributed by atoms with Gasteiger partial charge in [0.15, 0.2) is 0 Å². The molecule has 0 aliphatic rings. The van der Waals surface area contributed by atoms with Crippen LogP contribution in [-0.4, -0.2) is 10.8 Å². The highest BCUT2D eigenvalue weighted by atomic mass is 32.1. The molecule has 0 atom stereocenters. The zero-order valence-electron chi connectivity index (χ0n) is 12.3. The van der Waals surface area contributed by atoms with Crippen molar-refractivity contribution in [3.05, 3.63) is 51.2 Å². The Morgan fingerprint density at radius 3 is 2.91 bits per heavy atom. The molecular weight excluding hydrogens is 296 g/mol. The highest BCUT2D eigenvalue weighted by Gasteiger charge is 2.14. The first-order valence-corrected chi connectivity index (χ1v) is 7.73. The fourth-order valence-electron chi connectivity index (χ4n) is 2.41. The summed E-state index contributed by atoms with van der Waals surface area (Å²) in [5.41, 5.74) is 4.03. The van der Waals surface area contributed by atoms with E-state index in [0.717, 1.165) is 22.1 Å². The maximum atomic E-state index is 12.2. The van der Waals surface area contributed by atoms with E-state index >= 15 is 0 Å². The van der Waals surface area contributed by atoms with E-state index in [1.54, 1.807) is 6.26 Å². The molecule has 5 heteroatoms. The maximum Gasteiger partial charge on any atom is 0.144 e. The maximum absolute atomic E-state index is 12.2. The van der Waals surface area contributed by atoms with Gasteiger partial charge in [-0.3, -0.25) is 4.79 Å². The van der Waals surface area contributed by atoms with Gasteiger partial charge in [-0.15, -0.1) is 11.3 Å². The zero-order valence-corrected chi connectivity index (χ0v) is 13.2. The third kappa shape index (κ3) is 2.66. The van der Waals surface area contributed by atoms with Gasteiger partial charge < -0.3 is 4.42 Å². The van der Waals surface area contributed by atoms with Crippen molar-refractivity contribution in [3.8, 4) is 6.07 Å². The lowest BCUT2D eigenvalue weighted by molar-refractivity contribution is -0.117. The molecule has 1 aromatic carbocycles. The van der Waals surface area contributed by atoms with Crippen LogP contribution >= 0.6 is 11.3 Å². The van der Waals surface area contributed by atoms with Crippen LogP contribution in [0.1, 0.15) is 26.6 Å². The third-order valence-electron chi connectivity index (χ3n) is 3.74. The molecule has 0 radical (unpaired) electrons. The normalized spacial score (nSPS) is 10.8. The van der Waals surface area contributed by atoms with E-state index in [0.29, 0.717) is 16.3 Å². The number of nitriles is 1. The number of aryl methyl sites for hydroxylation is 2. The number of nitrogens with zero attached hydrogens (tertiary/aromatic N) is 2. The quantitative estimate of drug-likeness (QED) is 0.736. The van der Waals surface area contributed by atoms with Gasteiger partial charge in [0.2, 0.25) is 0 Å². The van der Waals surface area contributed by atoms with Crippen molar-refractivity contribution in [3.63, 3.8) is 0 Å². The van der Waals surface area contributed by atoms with Crippen LogP contribution in [0.5, 0.6) is 0 Å². The summed E-state index contributed by atoms with van der Waals surface area (Å²) < 4.78 is 5.62. The number of Topliss-reactive ketones (excluding diaryl/α,β-unsaturated/α-hetero) is 1. The second-order valence-corrected chi connectivity index (χ2v) is 6.38. The SMILES string of the molecule is Cc1ccc2c(CC(=O)Cc3ncc(C#N)s3)coc2c1C. The van der Waals surface area contributed by atoms with Gasteiger partial charge in [-0.2, -0.15) is 5.26 Å². The molecule has 0 aliphatic carbocycles. The number of hydrogen-bond donors (Lipinski definition) is 0. The van der Waals surface area contributed by atoms with Crippen molar-refractivity contribution in [2.75, 3.05) is 0 Å². The van der Waals surface area contributed by atoms with E-state index in [-0.39, 0.29) is 12.2 Å². The smallest absolute Gasteiger partial charge is 0.144 e. The summed E-state index contributed by atoms with van der Waals surface area (Å²) in [5, 5.41) is 10.5. The van der Waals surface area contributed by atoms with Gasteiger partial charge in [-0.05, 0) is 25.0 Å². The van der Waals surface area contributed by atoms with Gasteiger partial charge in [0.05, 0.1) is 18.9 Å². The molecule has 0 unspecified atom stereocenters. The Balaban J connectivity index is 1.80. The molecular formula is C17H14N2O2S. The number of furan rings is 1. The van der Waals surface area contributed by atoms with Gasteiger partial charge >= 0.3 is 0 Å². The second-order valence-electron chi connectivity index (χ2n) is 5.27. The Hall–Kier alpha value is -2.45. The van der Waals surface area contributed by atoms with Crippen LogP contribution < -0.4 is 0 Å². The van der Waals surface area contributed by atoms with E-state index in [1.165, 1.54) is 23.1 Å². The molecule has 0 N–H and O–H groups in total. The molecule has 0 aliphatic heterocycles. The summed E-state index contributed by atoms with van der Waals surface area (Å²) >= 11 is 1.27. The van der Waals surface area contributed by atoms with Crippen LogP contribution in [0, 0.1) is 25.2 Å². The monoisotopic (exact) mass is 310 g/mol. The van der Waals surface area contributed by atoms with E-state index in [9.17, 15) is 4.79 Å². The lowest BCUT2D eigenvalue weighted by Gasteiger charge is -2.01. The minimum Gasteiger partial charge on any atom is -0.464 e. The standard InChI is InChI=1S/C17H14N2O2S/c1-10-3-4-15-12(9-21-17(15)11(10)2)5-13(20)6-16-19-8-14(7-18)22-16/h3-4,8-9H,5-6H2,1-2H3. The molecule has 22 heavy (non-hydrogen) atoms. The van der Waals surface area contributed by atoms with Gasteiger partial charge in [0.1, 0.15) is 27.3 Å². The Bertz CT molecular complexity index is 899. The molecule has 0 saturated carbocycles. The molecule has 3 aromatic rings. The molecule has 0 fully saturated rings. The minimum atomic E-state index is 0.0692. The number of carbonyl (C=O) groups is 1. The van der Waals surface area contributed by atoms with E-state index in [4.69, 9.17) is 9.68 Å². The van der Waals surface area contributed by atoms with Crippen molar-refractivity contribution in [1.29, 1.82) is 5.26 Å². The fourth-order valence-corrected chi connectivity index (χ4v) is 3.16. The Labute approximate surface area is 132 Å². The first kappa shape index (κ1) is 14.5. The first-order chi connectivity index (χ1) is 10.6. The van der Waals surface area contributed by atoms with E-state index in [2.05, 4.69) is 4.98 Å². The van der Waals surface area contributed by atoms with Crippen molar-refractivity contribution >= 4 is 28.1 Å². The van der Waals surface area contributed by atoms with Crippen molar-refractivity contribution in [2.24, 2.45) is 0 Å². The number of benzene rings is 1. The van der Waals surface area contributed by atoms with Crippen LogP contribution in [0.15, 0.2) is 29.0 Å². The summed E-state index contributed by atoms with van der Waals surface area (Å²) in [7, 11) is 0. The van der Waals surface area contributed by atoms with Crippen molar-refractivity contribution in [1.82, 2.24) is 4.98 Å². The molecule has 0 saturated heterocycles. The molecule has 2 heterocycles. The third-order valence-corrected chi connectivity index (χ3v) is 4.64. The number of fused-ring (bicyclic) bond motifs is 1. The largest absolute Gasteiger partial charge is 0.464 e. The average molecular weight is 310 g/mol. The zero-order chi connectivity index (χ0) is 15.7. The van der Waals surface area contributed by atoms with E-state index in [1.807, 2.05) is 32.0 Å². The fraction of sp³-hybridized carbons (Fsp3) is 0.235. The lowest BCUT2D eigenvalue weighted by atomic mass is 10.0. The lowest BCUT2D eigenvalue weighted by Crippen LogP contribution is -2.05. The average Bonchev–Trinajstić information content (AvgIpc) is 3.10. The van der Waals surface area contributed by atoms with Crippen LogP contribution in [0.3, 0.4) is 0 Å². The summed E-state index contributed by atoms with van der Waals surface area (Å²) in [6, 6.07) is 6.08. The topological polar surface area (TPSA) is 66.9 Å². The van der Waals surface area contributed by atoms with E-state index < -0.39 is 0 Å². The molecule has 3 rings (SSSR count). The summed E-state index contributed by atoms with van der Waals surface area (Å²) in [6.07, 6.45) is 3.74. The number of carbonyl (C=O) groups excluding carboxylic acids is 1. The Morgan fingerprint density at radius 2 is 2.18 bits per heavy atom. The predicted molar refractivity (Wildman–Crippen MR) is 84.9 cm³/mol. The number of hydrogen-bond acceptors (Lipinski definition) is 5. The van der Waals surface area contributed by atoms with Gasteiger partial charge in [-0.25, -0.2) is 4.98 Å². The number of aromatic nitrogens is 1. The molecule has 0 amide bonds. The molecule has 110 valence electrons. The van der Waals surface area contributed by atoms with Crippen LogP contribution in [0.4, 0.5) is 0 Å². The first-order valence-electron chi connectivity index (χ1n) is 6.91. The van der Waals surface area contributed by atoms with Crippen molar-refractivity contribution in [2.45, 2.75) is 26.7 Å². The van der Waals surface area contributed by atoms with Gasteiger partial charge in [0.25, 0.3) is 0 Å². The van der Waals surface area contributed by atoms with Crippen LogP contribution in [0.2, 0.25) is 0 Å². The minimum absolute atomic E-state index is 0.0692. The highest BCUT2D eigenvalue weighted by molar-refractivity contribution is 7.12. The van der Waals surface area contributed by atoms with Gasteiger partial charge in [-0.1, -0.05) is 12.1 Å². The Morgan fingerprint density at radius 1 is 1.36 bits per heavy atom. The van der Waals surface area contributed by atoms with Gasteiger partial charge in [0, 0.05) is 17.4 Å². The number of ketones is 1. The second kappa shape index (κ2) is 5.74. The predicted octanol–water partition coefficient (Wildman–Crippen LogP) is 3.73. The number of rotatable bonds is 4. The highest BCUT2D eigenvalue weighted by Crippen LogP contribution is 2.27.